The van der Waals surface area contributed by atoms with Crippen LogP contribution in [-0.4, -0.2) is 17.4 Å². The molecule has 0 unspecified atom stereocenters. The molecule has 5 heteroatoms. The van der Waals surface area contributed by atoms with Crippen LogP contribution < -0.4 is 0 Å². The highest BCUT2D eigenvalue weighted by Crippen LogP contribution is 2.31. The Bertz CT molecular complexity index is 589. The van der Waals surface area contributed by atoms with Crippen LogP contribution in [0.15, 0.2) is 30.3 Å². The number of halogens is 1. The SMILES string of the molecule is O=Cc1ccc(-c2cccc(F)c2C(=O)O)s1. The summed E-state index contributed by atoms with van der Waals surface area (Å²) < 4.78 is 13.4. The highest BCUT2D eigenvalue weighted by atomic mass is 32.1. The summed E-state index contributed by atoms with van der Waals surface area (Å²) in [4.78, 5) is 22.6. The van der Waals surface area contributed by atoms with Gasteiger partial charge in [-0.1, -0.05) is 12.1 Å². The number of rotatable bonds is 3. The number of benzene rings is 1. The van der Waals surface area contributed by atoms with Gasteiger partial charge in [-0.3, -0.25) is 4.79 Å². The van der Waals surface area contributed by atoms with Gasteiger partial charge in [-0.05, 0) is 18.2 Å². The molecular formula is C12H7FO3S. The molecular weight excluding hydrogens is 243 g/mol. The predicted octanol–water partition coefficient (Wildman–Crippen LogP) is 3.06. The molecule has 0 fully saturated rings. The fraction of sp³-hybridized carbons (Fsp3) is 0. The highest BCUT2D eigenvalue weighted by molar-refractivity contribution is 7.17. The van der Waals surface area contributed by atoms with Gasteiger partial charge >= 0.3 is 5.97 Å². The van der Waals surface area contributed by atoms with Gasteiger partial charge in [0.25, 0.3) is 0 Å². The number of carbonyl (C=O) groups is 2. The lowest BCUT2D eigenvalue weighted by Crippen LogP contribution is -2.02. The molecule has 0 saturated heterocycles. The van der Waals surface area contributed by atoms with Gasteiger partial charge in [0.1, 0.15) is 11.4 Å². The lowest BCUT2D eigenvalue weighted by Gasteiger charge is -2.04. The van der Waals surface area contributed by atoms with Crippen molar-refractivity contribution in [1.82, 2.24) is 0 Å². The summed E-state index contributed by atoms with van der Waals surface area (Å²) in [6.45, 7) is 0. The van der Waals surface area contributed by atoms with E-state index in [4.69, 9.17) is 5.11 Å². The molecule has 86 valence electrons. The molecule has 1 N–H and O–H groups in total. The Morgan fingerprint density at radius 1 is 1.29 bits per heavy atom. The van der Waals surface area contributed by atoms with Crippen LogP contribution >= 0.6 is 11.3 Å². The van der Waals surface area contributed by atoms with Crippen LogP contribution in [0.4, 0.5) is 4.39 Å². The molecule has 0 radical (unpaired) electrons. The van der Waals surface area contributed by atoms with Crippen molar-refractivity contribution in [2.75, 3.05) is 0 Å². The first-order chi connectivity index (χ1) is 8.13. The van der Waals surface area contributed by atoms with E-state index in [0.717, 1.165) is 17.4 Å². The third-order valence-corrected chi connectivity index (χ3v) is 3.28. The number of thiophene rings is 1. The van der Waals surface area contributed by atoms with Crippen LogP contribution in [-0.2, 0) is 0 Å². The average Bonchev–Trinajstić information content (AvgIpc) is 2.76. The molecule has 2 aromatic rings. The molecule has 17 heavy (non-hydrogen) atoms. The van der Waals surface area contributed by atoms with Gasteiger partial charge in [0.15, 0.2) is 6.29 Å². The molecule has 0 atom stereocenters. The number of carboxylic acid groups (broad SMARTS) is 1. The number of carbonyl (C=O) groups excluding carboxylic acids is 1. The molecule has 2 rings (SSSR count). The van der Waals surface area contributed by atoms with Gasteiger partial charge in [0.2, 0.25) is 0 Å². The Balaban J connectivity index is 2.62. The Hall–Kier alpha value is -2.01. The van der Waals surface area contributed by atoms with Crippen molar-refractivity contribution in [2.24, 2.45) is 0 Å². The molecule has 0 aliphatic rings. The Morgan fingerprint density at radius 2 is 2.06 bits per heavy atom. The monoisotopic (exact) mass is 250 g/mol. The zero-order valence-corrected chi connectivity index (χ0v) is 9.33. The Morgan fingerprint density at radius 3 is 2.65 bits per heavy atom. The van der Waals surface area contributed by atoms with Gasteiger partial charge in [-0.2, -0.15) is 0 Å². The molecule has 0 aliphatic carbocycles. The van der Waals surface area contributed by atoms with Crippen molar-refractivity contribution in [1.29, 1.82) is 0 Å². The number of aromatic carboxylic acids is 1. The normalized spacial score (nSPS) is 10.2. The quantitative estimate of drug-likeness (QED) is 0.852. The fourth-order valence-corrected chi connectivity index (χ4v) is 2.36. The van der Waals surface area contributed by atoms with Crippen LogP contribution in [0, 0.1) is 5.82 Å². The minimum atomic E-state index is -1.32. The predicted molar refractivity (Wildman–Crippen MR) is 62.1 cm³/mol. The van der Waals surface area contributed by atoms with E-state index in [1.807, 2.05) is 0 Å². The van der Waals surface area contributed by atoms with Crippen molar-refractivity contribution >= 4 is 23.6 Å². The van der Waals surface area contributed by atoms with E-state index in [0.29, 0.717) is 16.0 Å². The lowest BCUT2D eigenvalue weighted by atomic mass is 10.1. The third kappa shape index (κ3) is 2.09. The molecule has 0 spiro atoms. The van der Waals surface area contributed by atoms with E-state index in [2.05, 4.69) is 0 Å². The van der Waals surface area contributed by atoms with Gasteiger partial charge in [-0.15, -0.1) is 11.3 Å². The van der Waals surface area contributed by atoms with Gasteiger partial charge in [0.05, 0.1) is 4.88 Å². The van der Waals surface area contributed by atoms with Crippen molar-refractivity contribution < 1.29 is 19.1 Å². The van der Waals surface area contributed by atoms with E-state index in [-0.39, 0.29) is 11.1 Å². The second kappa shape index (κ2) is 4.47. The van der Waals surface area contributed by atoms with Crippen LogP contribution in [0.2, 0.25) is 0 Å². The maximum Gasteiger partial charge on any atom is 0.339 e. The second-order valence-corrected chi connectivity index (χ2v) is 4.40. The first kappa shape index (κ1) is 11.5. The minimum Gasteiger partial charge on any atom is -0.478 e. The fourth-order valence-electron chi connectivity index (χ4n) is 1.51. The van der Waals surface area contributed by atoms with Crippen LogP contribution in [0.5, 0.6) is 0 Å². The van der Waals surface area contributed by atoms with E-state index in [1.54, 1.807) is 12.1 Å². The molecule has 0 aliphatic heterocycles. The van der Waals surface area contributed by atoms with Crippen LogP contribution in [0.3, 0.4) is 0 Å². The van der Waals surface area contributed by atoms with Crippen molar-refractivity contribution in [3.05, 3.63) is 46.6 Å². The third-order valence-electron chi connectivity index (χ3n) is 2.24. The van der Waals surface area contributed by atoms with Crippen molar-refractivity contribution in [3.63, 3.8) is 0 Å². The Kier molecular flexibility index (Phi) is 3.01. The van der Waals surface area contributed by atoms with E-state index >= 15 is 0 Å². The molecule has 0 bridgehead atoms. The maximum atomic E-state index is 13.4. The first-order valence-corrected chi connectivity index (χ1v) is 5.52. The minimum absolute atomic E-state index is 0.288. The van der Waals surface area contributed by atoms with E-state index in [1.165, 1.54) is 12.1 Å². The number of aldehydes is 1. The molecule has 0 saturated carbocycles. The molecule has 3 nitrogen and oxygen atoms in total. The van der Waals surface area contributed by atoms with Gasteiger partial charge in [0, 0.05) is 10.4 Å². The van der Waals surface area contributed by atoms with Crippen LogP contribution in [0.25, 0.3) is 10.4 Å². The van der Waals surface area contributed by atoms with Gasteiger partial charge < -0.3 is 5.11 Å². The number of carboxylic acids is 1. The lowest BCUT2D eigenvalue weighted by molar-refractivity contribution is 0.0692. The summed E-state index contributed by atoms with van der Waals surface area (Å²) in [7, 11) is 0. The summed E-state index contributed by atoms with van der Waals surface area (Å²) >= 11 is 1.13. The number of hydrogen-bond donors (Lipinski definition) is 1. The zero-order valence-electron chi connectivity index (χ0n) is 8.51. The van der Waals surface area contributed by atoms with Crippen molar-refractivity contribution in [3.8, 4) is 10.4 Å². The molecule has 1 aromatic carbocycles. The largest absolute Gasteiger partial charge is 0.478 e. The van der Waals surface area contributed by atoms with Gasteiger partial charge in [-0.25, -0.2) is 9.18 Å². The smallest absolute Gasteiger partial charge is 0.339 e. The second-order valence-electron chi connectivity index (χ2n) is 3.29. The molecule has 1 heterocycles. The summed E-state index contributed by atoms with van der Waals surface area (Å²) in [5, 5.41) is 8.97. The summed E-state index contributed by atoms with van der Waals surface area (Å²) in [5.41, 5.74) is -0.0811. The summed E-state index contributed by atoms with van der Waals surface area (Å²) in [6.07, 6.45) is 0.675. The first-order valence-electron chi connectivity index (χ1n) is 4.70. The standard InChI is InChI=1S/C12H7FO3S/c13-9-3-1-2-8(11(9)12(15)16)10-5-4-7(6-14)17-10/h1-6H,(H,15,16). The molecule has 1 aromatic heterocycles. The van der Waals surface area contributed by atoms with Crippen molar-refractivity contribution in [2.45, 2.75) is 0 Å². The van der Waals surface area contributed by atoms with Crippen LogP contribution in [0.1, 0.15) is 20.0 Å². The average molecular weight is 250 g/mol. The number of hydrogen-bond acceptors (Lipinski definition) is 3. The summed E-state index contributed by atoms with van der Waals surface area (Å²) in [6, 6.07) is 7.24. The highest BCUT2D eigenvalue weighted by Gasteiger charge is 2.17. The maximum absolute atomic E-state index is 13.4. The van der Waals surface area contributed by atoms with E-state index < -0.39 is 11.8 Å². The summed E-state index contributed by atoms with van der Waals surface area (Å²) in [5.74, 6) is -2.10. The molecule has 0 amide bonds. The zero-order chi connectivity index (χ0) is 12.4. The topological polar surface area (TPSA) is 54.4 Å². The Labute approximate surface area is 100 Å². The van der Waals surface area contributed by atoms with E-state index in [9.17, 15) is 14.0 Å².